The van der Waals surface area contributed by atoms with Crippen LogP contribution in [-0.4, -0.2) is 42.9 Å². The number of ether oxygens (including phenoxy) is 1. The zero-order valence-corrected chi connectivity index (χ0v) is 17.2. The normalized spacial score (nSPS) is 10.3. The molecule has 0 aliphatic heterocycles. The second kappa shape index (κ2) is 9.57. The van der Waals surface area contributed by atoms with E-state index < -0.39 is 18.5 Å². The fourth-order valence-electron chi connectivity index (χ4n) is 2.44. The van der Waals surface area contributed by atoms with Gasteiger partial charge in [-0.15, -0.1) is 0 Å². The lowest BCUT2D eigenvalue weighted by atomic mass is 10.1. The molecule has 0 aliphatic carbocycles. The predicted molar refractivity (Wildman–Crippen MR) is 109 cm³/mol. The van der Waals surface area contributed by atoms with Crippen LogP contribution in [0.25, 0.3) is 0 Å². The number of likely N-dealkylation sites (N-methyl/N-ethyl adjacent to an activating group) is 1. The smallest absolute Gasteiger partial charge is 0.338 e. The zero-order chi connectivity index (χ0) is 20.8. The summed E-state index contributed by atoms with van der Waals surface area (Å²) in [7, 11) is 1.46. The fraction of sp³-hybridized carbons (Fsp3) is 0.250. The van der Waals surface area contributed by atoms with Gasteiger partial charge in [-0.3, -0.25) is 9.59 Å². The van der Waals surface area contributed by atoms with Crippen LogP contribution < -0.4 is 5.32 Å². The quantitative estimate of drug-likeness (QED) is 0.716. The molecule has 2 rings (SSSR count). The van der Waals surface area contributed by atoms with E-state index in [1.165, 1.54) is 30.1 Å². The molecule has 0 bridgehead atoms. The second-order valence-electron chi connectivity index (χ2n) is 6.27. The highest BCUT2D eigenvalue weighted by molar-refractivity contribution is 6.42. The molecule has 2 aromatic carbocycles. The van der Waals surface area contributed by atoms with E-state index in [0.29, 0.717) is 5.02 Å². The Morgan fingerprint density at radius 2 is 1.68 bits per heavy atom. The van der Waals surface area contributed by atoms with E-state index in [-0.39, 0.29) is 23.0 Å². The highest BCUT2D eigenvalue weighted by Crippen LogP contribution is 2.23. The molecule has 2 aromatic rings. The van der Waals surface area contributed by atoms with Gasteiger partial charge in [0.2, 0.25) is 5.91 Å². The van der Waals surface area contributed by atoms with E-state index >= 15 is 0 Å². The van der Waals surface area contributed by atoms with Gasteiger partial charge in [0.25, 0.3) is 5.91 Å². The number of amides is 2. The summed E-state index contributed by atoms with van der Waals surface area (Å²) in [6.45, 7) is 3.11. The predicted octanol–water partition coefficient (Wildman–Crippen LogP) is 3.86. The number of hydrogen-bond acceptors (Lipinski definition) is 4. The van der Waals surface area contributed by atoms with E-state index in [1.807, 2.05) is 32.0 Å². The van der Waals surface area contributed by atoms with Gasteiger partial charge in [0.15, 0.2) is 6.61 Å². The van der Waals surface area contributed by atoms with E-state index in [4.69, 9.17) is 27.9 Å². The lowest BCUT2D eigenvalue weighted by Gasteiger charge is -2.18. The molecule has 0 spiro atoms. The lowest BCUT2D eigenvalue weighted by Crippen LogP contribution is -2.37. The summed E-state index contributed by atoms with van der Waals surface area (Å²) in [5, 5.41) is 3.32. The third-order valence-corrected chi connectivity index (χ3v) is 4.77. The topological polar surface area (TPSA) is 75.7 Å². The van der Waals surface area contributed by atoms with Crippen molar-refractivity contribution in [1.82, 2.24) is 4.90 Å². The van der Waals surface area contributed by atoms with Crippen molar-refractivity contribution in [2.75, 3.05) is 25.5 Å². The lowest BCUT2D eigenvalue weighted by molar-refractivity contribution is -0.136. The molecular formula is C20H20Cl2N2O4. The Morgan fingerprint density at radius 1 is 1.04 bits per heavy atom. The van der Waals surface area contributed by atoms with Crippen LogP contribution in [-0.2, 0) is 14.3 Å². The van der Waals surface area contributed by atoms with Crippen LogP contribution >= 0.6 is 23.2 Å². The standard InChI is InChI=1S/C20H20Cl2N2O4/c1-12-5-4-6-13(2)19(12)23-17(25)10-24(3)18(26)11-28-20(27)14-7-8-15(21)16(22)9-14/h4-9H,10-11H2,1-3H3,(H,23,25). The van der Waals surface area contributed by atoms with Crippen LogP contribution in [0.15, 0.2) is 36.4 Å². The van der Waals surface area contributed by atoms with E-state index in [9.17, 15) is 14.4 Å². The number of carbonyl (C=O) groups is 3. The average molecular weight is 423 g/mol. The first-order valence-electron chi connectivity index (χ1n) is 8.41. The monoisotopic (exact) mass is 422 g/mol. The van der Waals surface area contributed by atoms with Crippen molar-refractivity contribution >= 4 is 46.7 Å². The Kier molecular flexibility index (Phi) is 7.43. The Hall–Kier alpha value is -2.57. The molecule has 0 saturated heterocycles. The maximum absolute atomic E-state index is 12.2. The number of para-hydroxylation sites is 1. The highest BCUT2D eigenvalue weighted by atomic mass is 35.5. The van der Waals surface area contributed by atoms with Crippen molar-refractivity contribution in [3.8, 4) is 0 Å². The molecule has 0 heterocycles. The molecule has 148 valence electrons. The minimum absolute atomic E-state index is 0.170. The van der Waals surface area contributed by atoms with Gasteiger partial charge in [-0.2, -0.15) is 0 Å². The first kappa shape index (κ1) is 21.7. The number of aryl methyl sites for hydroxylation is 2. The number of benzene rings is 2. The molecule has 0 atom stereocenters. The summed E-state index contributed by atoms with van der Waals surface area (Å²) >= 11 is 11.7. The van der Waals surface area contributed by atoms with Crippen LogP contribution in [0.4, 0.5) is 5.69 Å². The van der Waals surface area contributed by atoms with Gasteiger partial charge in [-0.05, 0) is 43.2 Å². The molecule has 0 fully saturated rings. The minimum atomic E-state index is -0.708. The Labute approximate surface area is 173 Å². The molecule has 2 amide bonds. The number of rotatable bonds is 6. The third kappa shape index (κ3) is 5.71. The van der Waals surface area contributed by atoms with Crippen LogP contribution in [0.1, 0.15) is 21.5 Å². The van der Waals surface area contributed by atoms with Gasteiger partial charge in [0, 0.05) is 12.7 Å². The van der Waals surface area contributed by atoms with Crippen molar-refractivity contribution in [1.29, 1.82) is 0 Å². The average Bonchev–Trinajstić information content (AvgIpc) is 2.64. The summed E-state index contributed by atoms with van der Waals surface area (Å²) in [4.78, 5) is 37.5. The molecule has 28 heavy (non-hydrogen) atoms. The molecule has 8 heteroatoms. The third-order valence-electron chi connectivity index (χ3n) is 4.03. The maximum atomic E-state index is 12.2. The molecule has 0 aromatic heterocycles. The molecule has 0 unspecified atom stereocenters. The Morgan fingerprint density at radius 3 is 2.29 bits per heavy atom. The molecule has 1 N–H and O–H groups in total. The van der Waals surface area contributed by atoms with Crippen molar-refractivity contribution in [2.24, 2.45) is 0 Å². The second-order valence-corrected chi connectivity index (χ2v) is 7.08. The van der Waals surface area contributed by atoms with Gasteiger partial charge in [-0.1, -0.05) is 41.4 Å². The summed E-state index contributed by atoms with van der Waals surface area (Å²) < 4.78 is 4.98. The number of anilines is 1. The highest BCUT2D eigenvalue weighted by Gasteiger charge is 2.17. The van der Waals surface area contributed by atoms with E-state index in [0.717, 1.165) is 16.8 Å². The SMILES string of the molecule is Cc1cccc(C)c1NC(=O)CN(C)C(=O)COC(=O)c1ccc(Cl)c(Cl)c1. The zero-order valence-electron chi connectivity index (χ0n) is 15.7. The molecule has 0 saturated carbocycles. The van der Waals surface area contributed by atoms with Gasteiger partial charge in [0.05, 0.1) is 22.2 Å². The fourth-order valence-corrected chi connectivity index (χ4v) is 2.74. The number of nitrogens with zero attached hydrogens (tertiary/aromatic N) is 1. The van der Waals surface area contributed by atoms with Crippen molar-refractivity contribution < 1.29 is 19.1 Å². The number of nitrogens with one attached hydrogen (secondary N) is 1. The maximum Gasteiger partial charge on any atom is 0.338 e. The minimum Gasteiger partial charge on any atom is -0.452 e. The van der Waals surface area contributed by atoms with E-state index in [2.05, 4.69) is 5.32 Å². The summed E-state index contributed by atoms with van der Waals surface area (Å²) in [6.07, 6.45) is 0. The van der Waals surface area contributed by atoms with Gasteiger partial charge >= 0.3 is 5.97 Å². The van der Waals surface area contributed by atoms with E-state index in [1.54, 1.807) is 0 Å². The van der Waals surface area contributed by atoms with Crippen LogP contribution in [0, 0.1) is 13.8 Å². The molecular weight excluding hydrogens is 403 g/mol. The van der Waals surface area contributed by atoms with Crippen LogP contribution in [0.2, 0.25) is 10.0 Å². The van der Waals surface area contributed by atoms with Crippen molar-refractivity contribution in [2.45, 2.75) is 13.8 Å². The summed E-state index contributed by atoms with van der Waals surface area (Å²) in [5.74, 6) is -1.56. The van der Waals surface area contributed by atoms with Crippen molar-refractivity contribution in [3.63, 3.8) is 0 Å². The Balaban J connectivity index is 1.87. The molecule has 0 aliphatic rings. The van der Waals surface area contributed by atoms with Crippen LogP contribution in [0.3, 0.4) is 0 Å². The first-order chi connectivity index (χ1) is 13.2. The van der Waals surface area contributed by atoms with Gasteiger partial charge < -0.3 is 15.0 Å². The molecule has 0 radical (unpaired) electrons. The van der Waals surface area contributed by atoms with Crippen molar-refractivity contribution in [3.05, 3.63) is 63.1 Å². The first-order valence-corrected chi connectivity index (χ1v) is 9.17. The number of hydrogen-bond donors (Lipinski definition) is 1. The summed E-state index contributed by atoms with van der Waals surface area (Å²) in [6, 6.07) is 9.95. The molecule has 6 nitrogen and oxygen atoms in total. The summed E-state index contributed by atoms with van der Waals surface area (Å²) in [5.41, 5.74) is 2.76. The van der Waals surface area contributed by atoms with Gasteiger partial charge in [-0.25, -0.2) is 4.79 Å². The largest absolute Gasteiger partial charge is 0.452 e. The van der Waals surface area contributed by atoms with Crippen LogP contribution in [0.5, 0.6) is 0 Å². The van der Waals surface area contributed by atoms with Gasteiger partial charge in [0.1, 0.15) is 0 Å². The Bertz CT molecular complexity index is 895. The number of esters is 1. The number of halogens is 2. The number of carbonyl (C=O) groups excluding carboxylic acids is 3.